The van der Waals surface area contributed by atoms with Gasteiger partial charge < -0.3 is 15.2 Å². The Morgan fingerprint density at radius 2 is 1.96 bits per heavy atom. The molecule has 1 aromatic heterocycles. The summed E-state index contributed by atoms with van der Waals surface area (Å²) in [6.07, 6.45) is 0. The van der Waals surface area contributed by atoms with E-state index in [1.165, 1.54) is 0 Å². The van der Waals surface area contributed by atoms with E-state index in [1.807, 2.05) is 24.3 Å². The first kappa shape index (κ1) is 16.3. The number of hydrogen-bond donors (Lipinski definition) is 2. The lowest BCUT2D eigenvalue weighted by atomic mass is 10.1. The number of H-pyrrole nitrogens is 1. The van der Waals surface area contributed by atoms with Crippen LogP contribution in [-0.4, -0.2) is 22.3 Å². The molecule has 24 heavy (non-hydrogen) atoms. The van der Waals surface area contributed by atoms with Crippen LogP contribution in [0.3, 0.4) is 0 Å². The Labute approximate surface area is 144 Å². The normalized spacial score (nSPS) is 12.0. The second kappa shape index (κ2) is 7.33. The number of aromatic nitrogens is 3. The summed E-state index contributed by atoms with van der Waals surface area (Å²) in [5.74, 6) is 2.54. The summed E-state index contributed by atoms with van der Waals surface area (Å²) in [5.41, 5.74) is 7.09. The van der Waals surface area contributed by atoms with E-state index in [1.54, 1.807) is 31.4 Å². The molecule has 3 N–H and O–H groups in total. The molecular weight excluding hydrogens is 328 g/mol. The van der Waals surface area contributed by atoms with Crippen LogP contribution >= 0.6 is 11.6 Å². The van der Waals surface area contributed by atoms with Crippen LogP contribution in [0.15, 0.2) is 48.5 Å². The van der Waals surface area contributed by atoms with Crippen LogP contribution in [0.5, 0.6) is 11.5 Å². The predicted octanol–water partition coefficient (Wildman–Crippen LogP) is 3.09. The fraction of sp³-hybridized carbons (Fsp3) is 0.176. The summed E-state index contributed by atoms with van der Waals surface area (Å²) in [6.45, 7) is 0.263. The van der Waals surface area contributed by atoms with Crippen LogP contribution in [0.2, 0.25) is 5.02 Å². The number of rotatable bonds is 6. The van der Waals surface area contributed by atoms with Crippen molar-refractivity contribution >= 4 is 11.6 Å². The van der Waals surface area contributed by atoms with E-state index in [4.69, 9.17) is 26.8 Å². The van der Waals surface area contributed by atoms with E-state index in [0.29, 0.717) is 22.4 Å². The molecule has 1 heterocycles. The number of hydrogen-bond acceptors (Lipinski definition) is 5. The third-order valence-corrected chi connectivity index (χ3v) is 3.72. The van der Waals surface area contributed by atoms with Crippen molar-refractivity contribution in [2.24, 2.45) is 5.73 Å². The maximum Gasteiger partial charge on any atom is 0.172 e. The van der Waals surface area contributed by atoms with E-state index in [-0.39, 0.29) is 6.61 Å². The lowest BCUT2D eigenvalue weighted by Gasteiger charge is -2.09. The van der Waals surface area contributed by atoms with Crippen LogP contribution in [0, 0.1) is 0 Å². The first-order chi connectivity index (χ1) is 11.7. The first-order valence-corrected chi connectivity index (χ1v) is 7.72. The highest BCUT2D eigenvalue weighted by atomic mass is 35.5. The van der Waals surface area contributed by atoms with Gasteiger partial charge in [0.1, 0.15) is 18.1 Å². The third-order valence-electron chi connectivity index (χ3n) is 3.47. The predicted molar refractivity (Wildman–Crippen MR) is 91.2 cm³/mol. The molecule has 0 bridgehead atoms. The Kier molecular flexibility index (Phi) is 4.98. The average molecular weight is 345 g/mol. The van der Waals surface area contributed by atoms with Crippen molar-refractivity contribution in [3.8, 4) is 11.5 Å². The number of aromatic amines is 1. The van der Waals surface area contributed by atoms with E-state index in [0.717, 1.165) is 11.3 Å². The zero-order valence-corrected chi connectivity index (χ0v) is 13.8. The van der Waals surface area contributed by atoms with Crippen LogP contribution in [-0.2, 0) is 6.61 Å². The maximum atomic E-state index is 6.22. The molecule has 6 nitrogen and oxygen atoms in total. The Morgan fingerprint density at radius 1 is 1.17 bits per heavy atom. The molecule has 0 aliphatic rings. The van der Waals surface area contributed by atoms with Crippen molar-refractivity contribution in [1.29, 1.82) is 0 Å². The largest absolute Gasteiger partial charge is 0.497 e. The zero-order chi connectivity index (χ0) is 16.9. The van der Waals surface area contributed by atoms with Crippen molar-refractivity contribution in [3.63, 3.8) is 0 Å². The monoisotopic (exact) mass is 344 g/mol. The lowest BCUT2D eigenvalue weighted by molar-refractivity contribution is 0.296. The van der Waals surface area contributed by atoms with Crippen molar-refractivity contribution < 1.29 is 9.47 Å². The summed E-state index contributed by atoms with van der Waals surface area (Å²) in [7, 11) is 1.61. The highest BCUT2D eigenvalue weighted by Crippen LogP contribution is 2.21. The highest BCUT2D eigenvalue weighted by molar-refractivity contribution is 6.30. The molecule has 1 atom stereocenters. The number of nitrogens with two attached hydrogens (primary N) is 1. The zero-order valence-electron chi connectivity index (χ0n) is 13.1. The van der Waals surface area contributed by atoms with Crippen molar-refractivity contribution in [3.05, 3.63) is 70.8 Å². The third kappa shape index (κ3) is 3.84. The fourth-order valence-electron chi connectivity index (χ4n) is 2.18. The van der Waals surface area contributed by atoms with Crippen LogP contribution in [0.25, 0.3) is 0 Å². The Morgan fingerprint density at radius 3 is 2.71 bits per heavy atom. The summed E-state index contributed by atoms with van der Waals surface area (Å²) >= 11 is 5.84. The molecule has 3 rings (SSSR count). The van der Waals surface area contributed by atoms with Crippen LogP contribution in [0.4, 0.5) is 0 Å². The molecule has 0 amide bonds. The first-order valence-electron chi connectivity index (χ1n) is 7.35. The van der Waals surface area contributed by atoms with Gasteiger partial charge >= 0.3 is 0 Å². The molecule has 0 saturated heterocycles. The minimum atomic E-state index is -0.444. The summed E-state index contributed by atoms with van der Waals surface area (Å²) < 4.78 is 10.8. The van der Waals surface area contributed by atoms with Crippen LogP contribution in [0.1, 0.15) is 23.3 Å². The SMILES string of the molecule is COc1cccc([C@@H](N)c2n[nH]c(COc3ccc(Cl)cc3)n2)c1. The van der Waals surface area contributed by atoms with Crippen molar-refractivity contribution in [2.75, 3.05) is 7.11 Å². The van der Waals surface area contributed by atoms with Gasteiger partial charge in [0, 0.05) is 5.02 Å². The van der Waals surface area contributed by atoms with Gasteiger partial charge in [-0.2, -0.15) is 5.10 Å². The van der Waals surface area contributed by atoms with Gasteiger partial charge in [0.25, 0.3) is 0 Å². The van der Waals surface area contributed by atoms with Gasteiger partial charge in [-0.05, 0) is 42.0 Å². The van der Waals surface area contributed by atoms with Gasteiger partial charge in [0.05, 0.1) is 13.2 Å². The fourth-order valence-corrected chi connectivity index (χ4v) is 2.31. The van der Waals surface area contributed by atoms with Gasteiger partial charge in [0.2, 0.25) is 0 Å². The number of ether oxygens (including phenoxy) is 2. The summed E-state index contributed by atoms with van der Waals surface area (Å²) in [4.78, 5) is 4.39. The van der Waals surface area contributed by atoms with Gasteiger partial charge in [-0.1, -0.05) is 23.7 Å². The molecule has 0 radical (unpaired) electrons. The van der Waals surface area contributed by atoms with Crippen molar-refractivity contribution in [1.82, 2.24) is 15.2 Å². The lowest BCUT2D eigenvalue weighted by Crippen LogP contribution is -2.13. The minimum absolute atomic E-state index is 0.263. The van der Waals surface area contributed by atoms with E-state index >= 15 is 0 Å². The second-order valence-corrected chi connectivity index (χ2v) is 5.57. The topological polar surface area (TPSA) is 86.0 Å². The highest BCUT2D eigenvalue weighted by Gasteiger charge is 2.15. The number of nitrogens with zero attached hydrogens (tertiary/aromatic N) is 2. The molecule has 124 valence electrons. The Bertz CT molecular complexity index is 804. The Hall–Kier alpha value is -2.57. The molecule has 7 heteroatoms. The number of nitrogens with one attached hydrogen (secondary N) is 1. The van der Waals surface area contributed by atoms with Gasteiger partial charge in [-0.15, -0.1) is 0 Å². The van der Waals surface area contributed by atoms with Crippen LogP contribution < -0.4 is 15.2 Å². The van der Waals surface area contributed by atoms with Gasteiger partial charge in [0.15, 0.2) is 11.6 Å². The quantitative estimate of drug-likeness (QED) is 0.717. The standard InChI is InChI=1S/C17H17ClN4O2/c1-23-14-4-2-3-11(9-14)16(19)17-20-15(21-22-17)10-24-13-7-5-12(18)6-8-13/h2-9,16H,10,19H2,1H3,(H,20,21,22)/t16-/m1/s1. The molecule has 0 aliphatic carbocycles. The molecular formula is C17H17ClN4O2. The maximum absolute atomic E-state index is 6.22. The Balaban J connectivity index is 1.67. The smallest absolute Gasteiger partial charge is 0.172 e. The molecule has 0 fully saturated rings. The molecule has 0 aliphatic heterocycles. The summed E-state index contributed by atoms with van der Waals surface area (Å²) in [6, 6.07) is 14.2. The number of halogens is 1. The average Bonchev–Trinajstić information content (AvgIpc) is 3.09. The van der Waals surface area contributed by atoms with E-state index in [9.17, 15) is 0 Å². The van der Waals surface area contributed by atoms with Gasteiger partial charge in [-0.3, -0.25) is 5.10 Å². The minimum Gasteiger partial charge on any atom is -0.497 e. The molecule has 0 unspecified atom stereocenters. The molecule has 0 saturated carbocycles. The molecule has 0 spiro atoms. The van der Waals surface area contributed by atoms with E-state index in [2.05, 4.69) is 15.2 Å². The molecule has 2 aromatic carbocycles. The van der Waals surface area contributed by atoms with E-state index < -0.39 is 6.04 Å². The van der Waals surface area contributed by atoms with Gasteiger partial charge in [-0.25, -0.2) is 4.98 Å². The van der Waals surface area contributed by atoms with Crippen molar-refractivity contribution in [2.45, 2.75) is 12.6 Å². The number of benzene rings is 2. The second-order valence-electron chi connectivity index (χ2n) is 5.14. The molecule has 3 aromatic rings. The number of methoxy groups -OCH3 is 1. The summed E-state index contributed by atoms with van der Waals surface area (Å²) in [5, 5.41) is 7.68.